The molecule has 0 unspecified atom stereocenters. The normalized spacial score (nSPS) is 17.9. The third-order valence-electron chi connectivity index (χ3n) is 2.17. The Hall–Kier alpha value is -1.22. The quantitative estimate of drug-likeness (QED) is 0.717. The molecule has 0 spiro atoms. The zero-order valence-electron chi connectivity index (χ0n) is 7.56. The van der Waals surface area contributed by atoms with E-state index in [1.54, 1.807) is 11.8 Å². The van der Waals surface area contributed by atoms with Crippen molar-refractivity contribution in [3.8, 4) is 0 Å². The fourth-order valence-electron chi connectivity index (χ4n) is 1.56. The maximum atomic E-state index is 10.6. The van der Waals surface area contributed by atoms with Crippen LogP contribution in [0.25, 0.3) is 4.91 Å². The van der Waals surface area contributed by atoms with Gasteiger partial charge in [0.25, 0.3) is 0 Å². The van der Waals surface area contributed by atoms with Crippen molar-refractivity contribution >= 4 is 22.6 Å². The summed E-state index contributed by atoms with van der Waals surface area (Å²) in [7, 11) is 0. The van der Waals surface area contributed by atoms with Crippen LogP contribution in [-0.2, 0) is 11.2 Å². The molecule has 0 radical (unpaired) electrons. The van der Waals surface area contributed by atoms with Gasteiger partial charge in [0.15, 0.2) is 0 Å². The first-order valence-corrected chi connectivity index (χ1v) is 5.41. The molecule has 0 saturated heterocycles. The Morgan fingerprint density at radius 2 is 2.21 bits per heavy atom. The fourth-order valence-corrected chi connectivity index (χ4v) is 2.64. The van der Waals surface area contributed by atoms with Crippen LogP contribution >= 0.6 is 11.8 Å². The van der Waals surface area contributed by atoms with Crippen LogP contribution in [0.3, 0.4) is 0 Å². The largest absolute Gasteiger partial charge is 0.478 e. The van der Waals surface area contributed by atoms with E-state index in [0.29, 0.717) is 0 Å². The van der Waals surface area contributed by atoms with E-state index in [2.05, 4.69) is 6.07 Å². The zero-order valence-corrected chi connectivity index (χ0v) is 8.38. The molecule has 2 rings (SSSR count). The molecule has 0 amide bonds. The Bertz CT molecular complexity index is 396. The summed E-state index contributed by atoms with van der Waals surface area (Å²) >= 11 is 1.61. The van der Waals surface area contributed by atoms with Crippen LogP contribution in [-0.4, -0.2) is 16.8 Å². The van der Waals surface area contributed by atoms with Gasteiger partial charge in [0.1, 0.15) is 0 Å². The van der Waals surface area contributed by atoms with Gasteiger partial charge in [0.2, 0.25) is 0 Å². The number of hydrogen-bond acceptors (Lipinski definition) is 2. The fraction of sp³-hybridized carbons (Fsp3) is 0.182. The monoisotopic (exact) mass is 206 g/mol. The summed E-state index contributed by atoms with van der Waals surface area (Å²) in [6.45, 7) is 0. The van der Waals surface area contributed by atoms with Crippen molar-refractivity contribution in [2.24, 2.45) is 0 Å². The Kier molecular flexibility index (Phi) is 2.59. The lowest BCUT2D eigenvalue weighted by Gasteiger charge is -2.17. The zero-order chi connectivity index (χ0) is 9.97. The molecular weight excluding hydrogens is 196 g/mol. The van der Waals surface area contributed by atoms with Gasteiger partial charge in [0.05, 0.1) is 0 Å². The molecule has 14 heavy (non-hydrogen) atoms. The van der Waals surface area contributed by atoms with Crippen LogP contribution in [0.4, 0.5) is 0 Å². The van der Waals surface area contributed by atoms with Gasteiger partial charge in [-0.1, -0.05) is 24.3 Å². The summed E-state index contributed by atoms with van der Waals surface area (Å²) in [6, 6.07) is 7.98. The number of carboxylic acid groups (broad SMARTS) is 1. The van der Waals surface area contributed by atoms with Gasteiger partial charge >= 0.3 is 5.97 Å². The molecule has 3 heteroatoms. The van der Waals surface area contributed by atoms with E-state index in [1.807, 2.05) is 18.2 Å². The average molecular weight is 206 g/mol. The molecule has 72 valence electrons. The minimum Gasteiger partial charge on any atom is -0.478 e. The molecule has 1 aromatic rings. The lowest BCUT2D eigenvalue weighted by atomic mass is 10.0. The molecule has 1 aliphatic rings. The van der Waals surface area contributed by atoms with Crippen LogP contribution < -0.4 is 0 Å². The van der Waals surface area contributed by atoms with E-state index in [9.17, 15) is 4.79 Å². The van der Waals surface area contributed by atoms with E-state index in [-0.39, 0.29) is 0 Å². The maximum Gasteiger partial charge on any atom is 0.329 e. The van der Waals surface area contributed by atoms with Crippen molar-refractivity contribution in [3.05, 3.63) is 41.5 Å². The van der Waals surface area contributed by atoms with Crippen molar-refractivity contribution < 1.29 is 9.90 Å². The number of aliphatic carboxylic acids is 1. The number of aryl methyl sites for hydroxylation is 1. The van der Waals surface area contributed by atoms with Gasteiger partial charge in [-0.3, -0.25) is 0 Å². The predicted molar refractivity (Wildman–Crippen MR) is 58.2 cm³/mol. The number of hydrogen-bond donors (Lipinski definition) is 1. The van der Waals surface area contributed by atoms with Crippen molar-refractivity contribution in [2.45, 2.75) is 6.42 Å². The molecule has 0 bridgehead atoms. The highest BCUT2D eigenvalue weighted by atomic mass is 32.2. The number of rotatable bonds is 1. The van der Waals surface area contributed by atoms with Gasteiger partial charge in [-0.05, 0) is 17.5 Å². The van der Waals surface area contributed by atoms with Gasteiger partial charge in [-0.2, -0.15) is 0 Å². The molecule has 1 N–H and O–H groups in total. The highest BCUT2D eigenvalue weighted by molar-refractivity contribution is 8.08. The summed E-state index contributed by atoms with van der Waals surface area (Å²) in [4.78, 5) is 11.5. The molecule has 2 nitrogen and oxygen atoms in total. The Morgan fingerprint density at radius 3 is 3.00 bits per heavy atom. The molecule has 0 atom stereocenters. The lowest BCUT2D eigenvalue weighted by Crippen LogP contribution is -2.02. The SMILES string of the molecule is O=C(O)/C=C1\SCCc2ccccc21. The molecule has 0 fully saturated rings. The van der Waals surface area contributed by atoms with Gasteiger partial charge in [-0.15, -0.1) is 11.8 Å². The molecule has 0 saturated carbocycles. The predicted octanol–water partition coefficient (Wildman–Crippen LogP) is 2.40. The van der Waals surface area contributed by atoms with Crippen LogP contribution in [0.1, 0.15) is 11.1 Å². The molecule has 1 aromatic carbocycles. The van der Waals surface area contributed by atoms with Crippen LogP contribution in [0, 0.1) is 0 Å². The van der Waals surface area contributed by atoms with Gasteiger partial charge in [-0.25, -0.2) is 4.79 Å². The third-order valence-corrected chi connectivity index (χ3v) is 3.22. The molecule has 1 heterocycles. The number of thioether (sulfide) groups is 1. The topological polar surface area (TPSA) is 37.3 Å². The highest BCUT2D eigenvalue weighted by Gasteiger charge is 2.14. The molecule has 0 aromatic heterocycles. The summed E-state index contributed by atoms with van der Waals surface area (Å²) in [5, 5.41) is 8.70. The average Bonchev–Trinajstić information content (AvgIpc) is 2.18. The van der Waals surface area contributed by atoms with Crippen LogP contribution in [0.15, 0.2) is 30.3 Å². The Balaban J connectivity index is 2.45. The van der Waals surface area contributed by atoms with Crippen molar-refractivity contribution in [1.82, 2.24) is 0 Å². The maximum absolute atomic E-state index is 10.6. The van der Waals surface area contributed by atoms with E-state index >= 15 is 0 Å². The van der Waals surface area contributed by atoms with Crippen molar-refractivity contribution in [1.29, 1.82) is 0 Å². The van der Waals surface area contributed by atoms with Gasteiger partial charge in [0, 0.05) is 16.7 Å². The first-order valence-electron chi connectivity index (χ1n) is 4.43. The van der Waals surface area contributed by atoms with E-state index in [1.165, 1.54) is 11.6 Å². The van der Waals surface area contributed by atoms with Crippen molar-refractivity contribution in [3.63, 3.8) is 0 Å². The summed E-state index contributed by atoms with van der Waals surface area (Å²) < 4.78 is 0. The standard InChI is InChI=1S/C11H10O2S/c12-11(13)7-10-9-4-2-1-3-8(9)5-6-14-10/h1-4,7H,5-6H2,(H,12,13)/b10-7-. The van der Waals surface area contributed by atoms with E-state index in [4.69, 9.17) is 5.11 Å². The van der Waals surface area contributed by atoms with E-state index < -0.39 is 5.97 Å². The van der Waals surface area contributed by atoms with Crippen molar-refractivity contribution in [2.75, 3.05) is 5.75 Å². The van der Waals surface area contributed by atoms with Gasteiger partial charge < -0.3 is 5.11 Å². The van der Waals surface area contributed by atoms with Crippen LogP contribution in [0.2, 0.25) is 0 Å². The summed E-state index contributed by atoms with van der Waals surface area (Å²) in [5.74, 6) is 0.0973. The second kappa shape index (κ2) is 3.88. The van der Waals surface area contributed by atoms with Crippen LogP contribution in [0.5, 0.6) is 0 Å². The summed E-state index contributed by atoms with van der Waals surface area (Å²) in [5.41, 5.74) is 2.32. The third kappa shape index (κ3) is 1.82. The highest BCUT2D eigenvalue weighted by Crippen LogP contribution is 2.35. The Morgan fingerprint density at radius 1 is 1.43 bits per heavy atom. The molecular formula is C11H10O2S. The Labute approximate surface area is 86.6 Å². The molecule has 1 aliphatic heterocycles. The molecule has 0 aliphatic carbocycles. The second-order valence-corrected chi connectivity index (χ2v) is 4.24. The van der Waals surface area contributed by atoms with E-state index in [0.717, 1.165) is 22.6 Å². The first kappa shape index (κ1) is 9.34. The second-order valence-electron chi connectivity index (χ2n) is 3.10. The number of benzene rings is 1. The minimum atomic E-state index is -0.871. The summed E-state index contributed by atoms with van der Waals surface area (Å²) in [6.07, 6.45) is 2.32. The lowest BCUT2D eigenvalue weighted by molar-refractivity contribution is -0.131. The smallest absolute Gasteiger partial charge is 0.329 e. The number of carboxylic acids is 1. The number of fused-ring (bicyclic) bond motifs is 1. The first-order chi connectivity index (χ1) is 6.77. The number of carbonyl (C=O) groups is 1. The minimum absolute atomic E-state index is 0.871.